The van der Waals surface area contributed by atoms with E-state index < -0.39 is 0 Å². The van der Waals surface area contributed by atoms with Gasteiger partial charge >= 0.3 is 5.69 Å². The van der Waals surface area contributed by atoms with Gasteiger partial charge in [0.15, 0.2) is 0 Å². The Labute approximate surface area is 159 Å². The number of anilines is 1. The number of aromatic nitrogens is 4. The fourth-order valence-corrected chi connectivity index (χ4v) is 4.17. The monoisotopic (exact) mass is 371 g/mol. The minimum atomic E-state index is -0.0757. The van der Waals surface area contributed by atoms with Crippen molar-refractivity contribution in [3.8, 4) is 0 Å². The Hall–Kier alpha value is -2.44. The quantitative estimate of drug-likeness (QED) is 0.780. The molecule has 1 atom stereocenters. The molecule has 1 aliphatic heterocycles. The van der Waals surface area contributed by atoms with Gasteiger partial charge in [0.1, 0.15) is 17.6 Å². The molecular formula is C20H29N5O2. The lowest BCUT2D eigenvalue weighted by Gasteiger charge is -2.26. The van der Waals surface area contributed by atoms with Gasteiger partial charge in [-0.25, -0.2) is 9.78 Å². The van der Waals surface area contributed by atoms with Gasteiger partial charge in [-0.2, -0.15) is 0 Å². The first-order chi connectivity index (χ1) is 13.3. The van der Waals surface area contributed by atoms with Crippen molar-refractivity contribution in [3.63, 3.8) is 0 Å². The largest absolute Gasteiger partial charge is 0.492 e. The van der Waals surface area contributed by atoms with Crippen LogP contribution in [0.2, 0.25) is 0 Å². The molecule has 0 amide bonds. The molecule has 1 saturated carbocycles. The zero-order chi connectivity index (χ0) is 18.5. The smallest absolute Gasteiger partial charge is 0.327 e. The Balaban J connectivity index is 1.54. The Morgan fingerprint density at radius 3 is 2.85 bits per heavy atom. The summed E-state index contributed by atoms with van der Waals surface area (Å²) in [5.41, 5.74) is 0.924. The maximum absolute atomic E-state index is 12.7. The molecule has 0 bridgehead atoms. The zero-order valence-corrected chi connectivity index (χ0v) is 15.8. The highest BCUT2D eigenvalue weighted by Crippen LogP contribution is 2.32. The first-order valence-electron chi connectivity index (χ1n) is 10.2. The SMILES string of the molecule is O=c1[nH]c(NC2CCCCC2)c(C2CCC=CO2)n1CCCn1ccnc1. The number of aryl methyl sites for hydroxylation is 1. The minimum Gasteiger partial charge on any atom is -0.492 e. The summed E-state index contributed by atoms with van der Waals surface area (Å²) in [6.07, 6.45) is 18.2. The predicted octanol–water partition coefficient (Wildman–Crippen LogP) is 3.57. The second kappa shape index (κ2) is 8.50. The molecule has 1 aliphatic carbocycles. The fraction of sp³-hybridized carbons (Fsp3) is 0.600. The van der Waals surface area contributed by atoms with Crippen LogP contribution in [0.25, 0.3) is 0 Å². The van der Waals surface area contributed by atoms with Crippen molar-refractivity contribution in [1.29, 1.82) is 0 Å². The van der Waals surface area contributed by atoms with Crippen LogP contribution in [0.5, 0.6) is 0 Å². The van der Waals surface area contributed by atoms with Crippen LogP contribution in [0.3, 0.4) is 0 Å². The molecule has 0 radical (unpaired) electrons. The highest BCUT2D eigenvalue weighted by atomic mass is 16.5. The summed E-state index contributed by atoms with van der Waals surface area (Å²) in [4.78, 5) is 19.9. The standard InChI is InChI=1S/C20H29N5O2/c26-20-23-19(22-16-7-2-1-3-8-16)18(17-9-4-5-14-27-17)25(20)12-6-11-24-13-10-21-15-24/h5,10,13-17,22H,1-4,6-9,11-12H2,(H,23,26). The number of hydrogen-bond donors (Lipinski definition) is 2. The van der Waals surface area contributed by atoms with E-state index in [1.54, 1.807) is 12.5 Å². The van der Waals surface area contributed by atoms with Gasteiger partial charge in [-0.1, -0.05) is 19.3 Å². The molecule has 2 aromatic heterocycles. The molecule has 0 saturated heterocycles. The molecule has 27 heavy (non-hydrogen) atoms. The minimum absolute atomic E-state index is 0.0490. The summed E-state index contributed by atoms with van der Waals surface area (Å²) >= 11 is 0. The summed E-state index contributed by atoms with van der Waals surface area (Å²) < 4.78 is 9.79. The third-order valence-electron chi connectivity index (χ3n) is 5.57. The first-order valence-corrected chi connectivity index (χ1v) is 10.2. The molecule has 7 nitrogen and oxygen atoms in total. The lowest BCUT2D eigenvalue weighted by Crippen LogP contribution is -2.24. The number of nitrogens with one attached hydrogen (secondary N) is 2. The van der Waals surface area contributed by atoms with Gasteiger partial charge in [-0.3, -0.25) is 9.55 Å². The third-order valence-corrected chi connectivity index (χ3v) is 5.57. The van der Waals surface area contributed by atoms with Gasteiger partial charge < -0.3 is 14.6 Å². The molecule has 2 aliphatic rings. The second-order valence-electron chi connectivity index (χ2n) is 7.55. The highest BCUT2D eigenvalue weighted by molar-refractivity contribution is 5.44. The van der Waals surface area contributed by atoms with E-state index >= 15 is 0 Å². The Morgan fingerprint density at radius 2 is 2.11 bits per heavy atom. The van der Waals surface area contributed by atoms with Gasteiger partial charge in [0, 0.05) is 31.5 Å². The lowest BCUT2D eigenvalue weighted by atomic mass is 9.95. The van der Waals surface area contributed by atoms with Crippen LogP contribution < -0.4 is 11.0 Å². The van der Waals surface area contributed by atoms with Crippen LogP contribution in [0.1, 0.15) is 63.2 Å². The summed E-state index contributed by atoms with van der Waals surface area (Å²) in [6, 6.07) is 0.439. The molecule has 146 valence electrons. The summed E-state index contributed by atoms with van der Waals surface area (Å²) in [5.74, 6) is 0.856. The summed E-state index contributed by atoms with van der Waals surface area (Å²) in [7, 11) is 0. The van der Waals surface area contributed by atoms with Crippen LogP contribution in [0.15, 0.2) is 35.9 Å². The van der Waals surface area contributed by atoms with Gasteiger partial charge in [0.25, 0.3) is 0 Å². The van der Waals surface area contributed by atoms with E-state index in [0.29, 0.717) is 12.6 Å². The van der Waals surface area contributed by atoms with Crippen LogP contribution in [-0.2, 0) is 17.8 Å². The molecule has 1 unspecified atom stereocenters. The first kappa shape index (κ1) is 17.9. The van der Waals surface area contributed by atoms with E-state index in [9.17, 15) is 4.79 Å². The number of allylic oxidation sites excluding steroid dienone is 1. The van der Waals surface area contributed by atoms with Crippen molar-refractivity contribution in [2.75, 3.05) is 5.32 Å². The molecule has 3 heterocycles. The molecule has 0 spiro atoms. The van der Waals surface area contributed by atoms with Crippen LogP contribution >= 0.6 is 0 Å². The Kier molecular flexibility index (Phi) is 5.65. The third kappa shape index (κ3) is 4.28. The zero-order valence-electron chi connectivity index (χ0n) is 15.8. The molecule has 2 aromatic rings. The highest BCUT2D eigenvalue weighted by Gasteiger charge is 2.26. The van der Waals surface area contributed by atoms with Crippen molar-refractivity contribution in [2.24, 2.45) is 0 Å². The molecule has 7 heteroatoms. The number of rotatable bonds is 7. The maximum atomic E-state index is 12.7. The number of H-pyrrole nitrogens is 1. The van der Waals surface area contributed by atoms with E-state index in [0.717, 1.165) is 37.3 Å². The molecular weight excluding hydrogens is 342 g/mol. The van der Waals surface area contributed by atoms with Crippen LogP contribution in [0.4, 0.5) is 5.82 Å². The number of hydrogen-bond acceptors (Lipinski definition) is 4. The average Bonchev–Trinajstić information content (AvgIpc) is 3.32. The topological polar surface area (TPSA) is 76.9 Å². The lowest BCUT2D eigenvalue weighted by molar-refractivity contribution is 0.117. The van der Waals surface area contributed by atoms with E-state index in [1.165, 1.54) is 32.1 Å². The van der Waals surface area contributed by atoms with Crippen molar-refractivity contribution in [1.82, 2.24) is 19.1 Å². The number of imidazole rings is 2. The Bertz CT molecular complexity index is 799. The van der Waals surface area contributed by atoms with Gasteiger partial charge in [-0.15, -0.1) is 0 Å². The van der Waals surface area contributed by atoms with Crippen molar-refractivity contribution < 1.29 is 4.74 Å². The maximum Gasteiger partial charge on any atom is 0.327 e. The summed E-state index contributed by atoms with van der Waals surface area (Å²) in [5, 5.41) is 3.62. The molecule has 2 N–H and O–H groups in total. The van der Waals surface area contributed by atoms with Crippen molar-refractivity contribution in [2.45, 2.75) is 76.6 Å². The van der Waals surface area contributed by atoms with Crippen molar-refractivity contribution in [3.05, 3.63) is 47.2 Å². The fourth-order valence-electron chi connectivity index (χ4n) is 4.17. The number of aromatic amines is 1. The molecule has 0 aromatic carbocycles. The van der Waals surface area contributed by atoms with Crippen LogP contribution in [0, 0.1) is 0 Å². The molecule has 1 fully saturated rings. The van der Waals surface area contributed by atoms with Gasteiger partial charge in [-0.05, 0) is 38.2 Å². The average molecular weight is 371 g/mol. The number of nitrogens with zero attached hydrogens (tertiary/aromatic N) is 3. The normalized spacial score (nSPS) is 20.5. The predicted molar refractivity (Wildman–Crippen MR) is 105 cm³/mol. The van der Waals surface area contributed by atoms with E-state index in [1.807, 2.05) is 27.7 Å². The van der Waals surface area contributed by atoms with E-state index in [4.69, 9.17) is 4.74 Å². The van der Waals surface area contributed by atoms with Gasteiger partial charge in [0.2, 0.25) is 0 Å². The van der Waals surface area contributed by atoms with Crippen LogP contribution in [-0.4, -0.2) is 25.1 Å². The molecule has 4 rings (SSSR count). The Morgan fingerprint density at radius 1 is 1.22 bits per heavy atom. The van der Waals surface area contributed by atoms with Crippen molar-refractivity contribution >= 4 is 5.82 Å². The van der Waals surface area contributed by atoms with Gasteiger partial charge in [0.05, 0.1) is 12.6 Å². The summed E-state index contributed by atoms with van der Waals surface area (Å²) in [6.45, 7) is 1.51. The van der Waals surface area contributed by atoms with E-state index in [2.05, 4.69) is 15.3 Å². The second-order valence-corrected chi connectivity index (χ2v) is 7.55. The van der Waals surface area contributed by atoms with E-state index in [-0.39, 0.29) is 11.8 Å². The number of ether oxygens (including phenoxy) is 1.